The molecule has 1 aromatic carbocycles. The van der Waals surface area contributed by atoms with Crippen LogP contribution in [0.5, 0.6) is 0 Å². The summed E-state index contributed by atoms with van der Waals surface area (Å²) in [5.74, 6) is 0.159. The topological polar surface area (TPSA) is 70.7 Å². The zero-order chi connectivity index (χ0) is 17.6. The Morgan fingerprint density at radius 3 is 2.80 bits per heavy atom. The number of nitriles is 1. The molecule has 1 aliphatic carbocycles. The Balaban J connectivity index is 1.73. The molecule has 1 saturated carbocycles. The van der Waals surface area contributed by atoms with E-state index in [1.165, 1.54) is 6.42 Å². The van der Waals surface area contributed by atoms with E-state index in [4.69, 9.17) is 0 Å². The van der Waals surface area contributed by atoms with E-state index in [1.54, 1.807) is 17.0 Å². The van der Waals surface area contributed by atoms with Crippen molar-refractivity contribution in [1.29, 1.82) is 5.26 Å². The molecule has 1 N–H and O–H groups in total. The number of carbonyl (C=O) groups excluding carboxylic acids is 1. The maximum atomic E-state index is 12.4. The number of amides is 1. The minimum atomic E-state index is -0.297. The zero-order valence-electron chi connectivity index (χ0n) is 14.4. The van der Waals surface area contributed by atoms with Crippen LogP contribution in [-0.2, 0) is 4.79 Å². The van der Waals surface area contributed by atoms with Crippen LogP contribution in [0.2, 0.25) is 0 Å². The van der Waals surface area contributed by atoms with Crippen molar-refractivity contribution in [3.05, 3.63) is 53.9 Å². The first-order valence-corrected chi connectivity index (χ1v) is 8.70. The predicted octanol–water partition coefficient (Wildman–Crippen LogP) is 3.47. The summed E-state index contributed by atoms with van der Waals surface area (Å²) < 4.78 is 1.72. The average Bonchev–Trinajstić information content (AvgIpc) is 3.11. The van der Waals surface area contributed by atoms with Gasteiger partial charge in [0, 0.05) is 17.8 Å². The average molecular weight is 334 g/mol. The number of hydrogen-bond acceptors (Lipinski definition) is 3. The lowest BCUT2D eigenvalue weighted by Crippen LogP contribution is -2.41. The van der Waals surface area contributed by atoms with E-state index in [-0.39, 0.29) is 17.5 Å². The first kappa shape index (κ1) is 17.0. The second kappa shape index (κ2) is 7.80. The van der Waals surface area contributed by atoms with Crippen LogP contribution in [0.4, 0.5) is 0 Å². The van der Waals surface area contributed by atoms with Gasteiger partial charge in [0.2, 0.25) is 0 Å². The van der Waals surface area contributed by atoms with Gasteiger partial charge in [-0.3, -0.25) is 4.79 Å². The first-order valence-electron chi connectivity index (χ1n) is 8.70. The maximum Gasteiger partial charge on any atom is 0.262 e. The zero-order valence-corrected chi connectivity index (χ0v) is 14.4. The number of rotatable bonds is 4. The second-order valence-corrected chi connectivity index (χ2v) is 6.57. The SMILES string of the molecule is C[C@H]1CCCC[C@H]1NC(=O)/C(C#N)=C/c1cnn(-c2ccccc2)c1. The minimum absolute atomic E-state index is 0.116. The normalized spacial score (nSPS) is 20.7. The third kappa shape index (κ3) is 4.16. The predicted molar refractivity (Wildman–Crippen MR) is 96.7 cm³/mol. The molecule has 128 valence electrons. The molecule has 2 aromatic rings. The van der Waals surface area contributed by atoms with E-state index in [2.05, 4.69) is 17.3 Å². The lowest BCUT2D eigenvalue weighted by molar-refractivity contribution is -0.118. The van der Waals surface area contributed by atoms with Gasteiger partial charge >= 0.3 is 0 Å². The van der Waals surface area contributed by atoms with Crippen molar-refractivity contribution in [2.45, 2.75) is 38.6 Å². The van der Waals surface area contributed by atoms with E-state index < -0.39 is 0 Å². The van der Waals surface area contributed by atoms with Gasteiger partial charge in [0.15, 0.2) is 0 Å². The summed E-state index contributed by atoms with van der Waals surface area (Å²) in [6, 6.07) is 11.9. The molecule has 5 nitrogen and oxygen atoms in total. The molecule has 5 heteroatoms. The fourth-order valence-electron chi connectivity index (χ4n) is 3.23. The highest BCUT2D eigenvalue weighted by Gasteiger charge is 2.24. The Hall–Kier alpha value is -2.87. The number of para-hydroxylation sites is 1. The minimum Gasteiger partial charge on any atom is -0.348 e. The highest BCUT2D eigenvalue weighted by molar-refractivity contribution is 6.01. The van der Waals surface area contributed by atoms with Crippen LogP contribution in [0, 0.1) is 17.2 Å². The molecule has 2 atom stereocenters. The van der Waals surface area contributed by atoms with Crippen molar-refractivity contribution in [1.82, 2.24) is 15.1 Å². The van der Waals surface area contributed by atoms with Gasteiger partial charge in [-0.05, 0) is 37.0 Å². The standard InChI is InChI=1S/C20H22N4O/c1-15-7-5-6-10-19(15)23-20(25)17(12-21)11-16-13-22-24(14-16)18-8-3-2-4-9-18/h2-4,8-9,11,13-15,19H,5-7,10H2,1H3,(H,23,25)/b17-11+/t15-,19+/m0/s1. The first-order chi connectivity index (χ1) is 12.2. The van der Waals surface area contributed by atoms with Gasteiger partial charge in [0.25, 0.3) is 5.91 Å². The Bertz CT molecular complexity index is 801. The van der Waals surface area contributed by atoms with Crippen molar-refractivity contribution < 1.29 is 4.79 Å². The van der Waals surface area contributed by atoms with Gasteiger partial charge < -0.3 is 5.32 Å². The highest BCUT2D eigenvalue weighted by Crippen LogP contribution is 2.24. The van der Waals surface area contributed by atoms with Crippen molar-refractivity contribution in [2.75, 3.05) is 0 Å². The molecule has 0 radical (unpaired) electrons. The quantitative estimate of drug-likeness (QED) is 0.687. The smallest absolute Gasteiger partial charge is 0.262 e. The molecule has 0 unspecified atom stereocenters. The van der Waals surface area contributed by atoms with Crippen LogP contribution in [0.15, 0.2) is 48.3 Å². The van der Waals surface area contributed by atoms with Crippen LogP contribution in [0.3, 0.4) is 0 Å². The van der Waals surface area contributed by atoms with Crippen LogP contribution in [-0.4, -0.2) is 21.7 Å². The largest absolute Gasteiger partial charge is 0.348 e. The Morgan fingerprint density at radius 1 is 1.32 bits per heavy atom. The molecule has 3 rings (SSSR count). The van der Waals surface area contributed by atoms with E-state index in [9.17, 15) is 10.1 Å². The van der Waals surface area contributed by atoms with Crippen molar-refractivity contribution >= 4 is 12.0 Å². The Morgan fingerprint density at radius 2 is 2.08 bits per heavy atom. The molecule has 0 bridgehead atoms. The van der Waals surface area contributed by atoms with Gasteiger partial charge in [-0.2, -0.15) is 10.4 Å². The molecule has 1 aliphatic rings. The number of hydrogen-bond donors (Lipinski definition) is 1. The van der Waals surface area contributed by atoms with Crippen molar-refractivity contribution in [3.63, 3.8) is 0 Å². The summed E-state index contributed by atoms with van der Waals surface area (Å²) in [6.07, 6.45) is 9.51. The van der Waals surface area contributed by atoms with E-state index in [0.717, 1.165) is 30.5 Å². The maximum absolute atomic E-state index is 12.4. The van der Waals surface area contributed by atoms with Gasteiger partial charge in [-0.25, -0.2) is 4.68 Å². The van der Waals surface area contributed by atoms with Gasteiger partial charge in [-0.1, -0.05) is 38.0 Å². The van der Waals surface area contributed by atoms with Crippen LogP contribution in [0.25, 0.3) is 11.8 Å². The Kier molecular flexibility index (Phi) is 5.30. The molecule has 1 fully saturated rings. The van der Waals surface area contributed by atoms with Crippen molar-refractivity contribution in [3.8, 4) is 11.8 Å². The van der Waals surface area contributed by atoms with Crippen LogP contribution >= 0.6 is 0 Å². The molecule has 0 aliphatic heterocycles. The summed E-state index contributed by atoms with van der Waals surface area (Å²) in [7, 11) is 0. The van der Waals surface area contributed by atoms with Crippen molar-refractivity contribution in [2.24, 2.45) is 5.92 Å². The van der Waals surface area contributed by atoms with E-state index >= 15 is 0 Å². The Labute approximate surface area is 148 Å². The summed E-state index contributed by atoms with van der Waals surface area (Å²) in [4.78, 5) is 12.4. The highest BCUT2D eigenvalue weighted by atomic mass is 16.1. The number of nitrogens with zero attached hydrogens (tertiary/aromatic N) is 3. The molecular weight excluding hydrogens is 312 g/mol. The van der Waals surface area contributed by atoms with Gasteiger partial charge in [0.05, 0.1) is 11.9 Å². The lowest BCUT2D eigenvalue weighted by Gasteiger charge is -2.29. The van der Waals surface area contributed by atoms with Crippen LogP contribution in [0.1, 0.15) is 38.2 Å². The fourth-order valence-corrected chi connectivity index (χ4v) is 3.23. The summed E-state index contributed by atoms with van der Waals surface area (Å²) in [5, 5.41) is 16.7. The number of benzene rings is 1. The van der Waals surface area contributed by atoms with E-state index in [1.807, 2.05) is 42.6 Å². The molecule has 1 heterocycles. The fraction of sp³-hybridized carbons (Fsp3) is 0.350. The molecule has 0 saturated heterocycles. The molecule has 0 spiro atoms. The number of nitrogens with one attached hydrogen (secondary N) is 1. The number of carbonyl (C=O) groups is 1. The summed E-state index contributed by atoms with van der Waals surface area (Å²) in [5.41, 5.74) is 1.78. The summed E-state index contributed by atoms with van der Waals surface area (Å²) in [6.45, 7) is 2.16. The third-order valence-electron chi connectivity index (χ3n) is 4.73. The van der Waals surface area contributed by atoms with Crippen LogP contribution < -0.4 is 5.32 Å². The van der Waals surface area contributed by atoms with Gasteiger partial charge in [-0.15, -0.1) is 0 Å². The van der Waals surface area contributed by atoms with E-state index in [0.29, 0.717) is 5.92 Å². The lowest BCUT2D eigenvalue weighted by atomic mass is 9.86. The molecule has 25 heavy (non-hydrogen) atoms. The molecule has 1 amide bonds. The monoisotopic (exact) mass is 334 g/mol. The van der Waals surface area contributed by atoms with Gasteiger partial charge in [0.1, 0.15) is 11.6 Å². The molecule has 1 aromatic heterocycles. The summed E-state index contributed by atoms with van der Waals surface area (Å²) >= 11 is 0. The second-order valence-electron chi connectivity index (χ2n) is 6.57. The molecular formula is C20H22N4O. The third-order valence-corrected chi connectivity index (χ3v) is 4.73. The number of aromatic nitrogens is 2.